The number of para-hydroxylation sites is 1. The molecule has 2 aromatic carbocycles. The van der Waals surface area contributed by atoms with Gasteiger partial charge in [-0.25, -0.2) is 4.39 Å². The molecule has 1 heterocycles. The fourth-order valence-electron chi connectivity index (χ4n) is 3.46. The number of halogens is 2. The zero-order chi connectivity index (χ0) is 21.0. The Bertz CT molecular complexity index is 897. The summed E-state index contributed by atoms with van der Waals surface area (Å²) >= 11 is 6.09. The minimum atomic E-state index is -0.843. The van der Waals surface area contributed by atoms with Crippen LogP contribution in [0.2, 0.25) is 5.02 Å². The van der Waals surface area contributed by atoms with Crippen LogP contribution in [0.25, 0.3) is 0 Å². The van der Waals surface area contributed by atoms with E-state index in [9.17, 15) is 14.0 Å². The topological polar surface area (TPSA) is 61.4 Å². The molecule has 1 aliphatic heterocycles. The fraction of sp³-hybridized carbons (Fsp3) is 0.364. The molecule has 1 fully saturated rings. The molecule has 1 unspecified atom stereocenters. The van der Waals surface area contributed by atoms with Crippen molar-refractivity contribution in [3.8, 4) is 0 Å². The zero-order valence-corrected chi connectivity index (χ0v) is 17.3. The molecular weight excluding hydrogens is 393 g/mol. The van der Waals surface area contributed by atoms with Gasteiger partial charge >= 0.3 is 0 Å². The van der Waals surface area contributed by atoms with Gasteiger partial charge in [0.25, 0.3) is 5.91 Å². The molecule has 2 aromatic rings. The predicted octanol–water partition coefficient (Wildman–Crippen LogP) is 4.47. The summed E-state index contributed by atoms with van der Waals surface area (Å²) in [6, 6.07) is 10.6. The molecule has 1 atom stereocenters. The van der Waals surface area contributed by atoms with Gasteiger partial charge in [0.15, 0.2) is 0 Å². The minimum Gasteiger partial charge on any atom is -0.370 e. The van der Waals surface area contributed by atoms with E-state index in [0.717, 1.165) is 25.9 Å². The van der Waals surface area contributed by atoms with Crippen molar-refractivity contribution in [1.82, 2.24) is 5.32 Å². The molecule has 0 aromatic heterocycles. The van der Waals surface area contributed by atoms with Crippen molar-refractivity contribution in [1.29, 1.82) is 0 Å². The van der Waals surface area contributed by atoms with Gasteiger partial charge in [0, 0.05) is 13.1 Å². The highest BCUT2D eigenvalue weighted by atomic mass is 35.5. The van der Waals surface area contributed by atoms with Gasteiger partial charge in [-0.3, -0.25) is 9.59 Å². The summed E-state index contributed by atoms with van der Waals surface area (Å²) in [5, 5.41) is 5.74. The van der Waals surface area contributed by atoms with Crippen molar-refractivity contribution in [3.63, 3.8) is 0 Å². The van der Waals surface area contributed by atoms with Crippen molar-refractivity contribution >= 4 is 34.8 Å². The summed E-state index contributed by atoms with van der Waals surface area (Å²) in [5.41, 5.74) is 1.10. The minimum absolute atomic E-state index is 0.150. The molecular formula is C22H25ClFN3O2. The first-order valence-corrected chi connectivity index (χ1v) is 10.2. The number of amides is 2. The quantitative estimate of drug-likeness (QED) is 0.728. The summed E-state index contributed by atoms with van der Waals surface area (Å²) in [6.45, 7) is 5.28. The Morgan fingerprint density at radius 3 is 2.41 bits per heavy atom. The second-order valence-corrected chi connectivity index (χ2v) is 7.90. The molecule has 1 aliphatic rings. The molecule has 0 radical (unpaired) electrons. The Hall–Kier alpha value is -2.60. The highest BCUT2D eigenvalue weighted by Crippen LogP contribution is 2.31. The van der Waals surface area contributed by atoms with Crippen LogP contribution in [0.4, 0.5) is 15.8 Å². The lowest BCUT2D eigenvalue weighted by Crippen LogP contribution is -2.47. The maximum absolute atomic E-state index is 14.6. The smallest absolute Gasteiger partial charge is 0.253 e. The maximum Gasteiger partial charge on any atom is 0.253 e. The first-order chi connectivity index (χ1) is 13.9. The van der Waals surface area contributed by atoms with Crippen LogP contribution in [0.3, 0.4) is 0 Å². The van der Waals surface area contributed by atoms with Crippen LogP contribution in [0, 0.1) is 11.7 Å². The zero-order valence-electron chi connectivity index (χ0n) is 16.5. The molecule has 2 N–H and O–H groups in total. The van der Waals surface area contributed by atoms with E-state index in [0.29, 0.717) is 10.7 Å². The molecule has 0 aliphatic carbocycles. The van der Waals surface area contributed by atoms with Crippen LogP contribution < -0.4 is 15.5 Å². The van der Waals surface area contributed by atoms with Gasteiger partial charge in [-0.05, 0) is 43.0 Å². The third-order valence-corrected chi connectivity index (χ3v) is 5.37. The second kappa shape index (κ2) is 9.27. The average molecular weight is 418 g/mol. The van der Waals surface area contributed by atoms with Gasteiger partial charge in [0.1, 0.15) is 17.5 Å². The Labute approximate surface area is 175 Å². The van der Waals surface area contributed by atoms with Crippen LogP contribution in [0.15, 0.2) is 42.5 Å². The summed E-state index contributed by atoms with van der Waals surface area (Å²) < 4.78 is 14.6. The lowest BCUT2D eigenvalue weighted by atomic mass is 10.0. The third-order valence-electron chi connectivity index (χ3n) is 5.04. The van der Waals surface area contributed by atoms with Crippen molar-refractivity contribution in [2.24, 2.45) is 5.92 Å². The third kappa shape index (κ3) is 4.88. The normalized spacial score (nSPS) is 14.7. The van der Waals surface area contributed by atoms with E-state index in [1.807, 2.05) is 13.8 Å². The Balaban J connectivity index is 1.80. The Kier molecular flexibility index (Phi) is 6.75. The molecule has 0 bridgehead atoms. The van der Waals surface area contributed by atoms with Gasteiger partial charge in [-0.1, -0.05) is 43.6 Å². The standard InChI is InChI=1S/C22H25ClFN3O2/c1-14(2)19(25-21(28)15-8-3-4-9-16(15)23)22(29)26-20-17(24)10-7-11-18(20)27-12-5-6-13-27/h3-4,7-11,14,19H,5-6,12-13H2,1-2H3,(H,25,28)(H,26,29). The molecule has 2 amide bonds. The van der Waals surface area contributed by atoms with Crippen molar-refractivity contribution in [3.05, 3.63) is 58.9 Å². The fourth-order valence-corrected chi connectivity index (χ4v) is 3.68. The Morgan fingerprint density at radius 1 is 1.07 bits per heavy atom. The van der Waals surface area contributed by atoms with Crippen LogP contribution in [0.1, 0.15) is 37.0 Å². The number of carbonyl (C=O) groups is 2. The summed E-state index contributed by atoms with van der Waals surface area (Å²) in [7, 11) is 0. The molecule has 3 rings (SSSR count). The van der Waals surface area contributed by atoms with Gasteiger partial charge in [-0.2, -0.15) is 0 Å². The number of rotatable bonds is 6. The SMILES string of the molecule is CC(C)C(NC(=O)c1ccccc1Cl)C(=O)Nc1c(F)cccc1N1CCCC1. The van der Waals surface area contributed by atoms with Crippen LogP contribution in [-0.2, 0) is 4.79 Å². The highest BCUT2D eigenvalue weighted by molar-refractivity contribution is 6.33. The number of hydrogen-bond donors (Lipinski definition) is 2. The van der Waals surface area contributed by atoms with Crippen molar-refractivity contribution < 1.29 is 14.0 Å². The van der Waals surface area contributed by atoms with Crippen molar-refractivity contribution in [2.75, 3.05) is 23.3 Å². The number of hydrogen-bond acceptors (Lipinski definition) is 3. The molecule has 0 spiro atoms. The molecule has 1 saturated heterocycles. The van der Waals surface area contributed by atoms with E-state index in [1.54, 1.807) is 36.4 Å². The molecule has 7 heteroatoms. The van der Waals surface area contributed by atoms with Gasteiger partial charge in [0.2, 0.25) is 5.91 Å². The van der Waals surface area contributed by atoms with Crippen LogP contribution in [-0.4, -0.2) is 30.9 Å². The predicted molar refractivity (Wildman–Crippen MR) is 114 cm³/mol. The number of carbonyl (C=O) groups excluding carboxylic acids is 2. The lowest BCUT2D eigenvalue weighted by Gasteiger charge is -2.25. The summed E-state index contributed by atoms with van der Waals surface area (Å²) in [6.07, 6.45) is 2.07. The summed E-state index contributed by atoms with van der Waals surface area (Å²) in [4.78, 5) is 27.7. The number of nitrogens with one attached hydrogen (secondary N) is 2. The van der Waals surface area contributed by atoms with E-state index in [-0.39, 0.29) is 17.2 Å². The molecule has 0 saturated carbocycles. The van der Waals surface area contributed by atoms with E-state index in [2.05, 4.69) is 15.5 Å². The van der Waals surface area contributed by atoms with Gasteiger partial charge < -0.3 is 15.5 Å². The summed E-state index contributed by atoms with van der Waals surface area (Å²) in [5.74, 6) is -1.62. The first kappa shape index (κ1) is 21.1. The van der Waals surface area contributed by atoms with E-state index < -0.39 is 23.7 Å². The van der Waals surface area contributed by atoms with Crippen molar-refractivity contribution in [2.45, 2.75) is 32.7 Å². The van der Waals surface area contributed by atoms with E-state index in [1.165, 1.54) is 6.07 Å². The Morgan fingerprint density at radius 2 is 1.76 bits per heavy atom. The van der Waals surface area contributed by atoms with Crippen LogP contribution in [0.5, 0.6) is 0 Å². The molecule has 5 nitrogen and oxygen atoms in total. The van der Waals surface area contributed by atoms with Crippen LogP contribution >= 0.6 is 11.6 Å². The number of anilines is 2. The first-order valence-electron chi connectivity index (χ1n) is 9.78. The molecule has 29 heavy (non-hydrogen) atoms. The largest absolute Gasteiger partial charge is 0.370 e. The van der Waals surface area contributed by atoms with E-state index >= 15 is 0 Å². The van der Waals surface area contributed by atoms with E-state index in [4.69, 9.17) is 11.6 Å². The maximum atomic E-state index is 14.6. The highest BCUT2D eigenvalue weighted by Gasteiger charge is 2.28. The van der Waals surface area contributed by atoms with Gasteiger partial charge in [0.05, 0.1) is 16.3 Å². The lowest BCUT2D eigenvalue weighted by molar-refractivity contribution is -0.118. The average Bonchev–Trinajstić information content (AvgIpc) is 3.22. The van der Waals surface area contributed by atoms with Gasteiger partial charge in [-0.15, -0.1) is 0 Å². The monoisotopic (exact) mass is 417 g/mol. The molecule has 154 valence electrons. The number of nitrogens with zero attached hydrogens (tertiary/aromatic N) is 1. The number of benzene rings is 2. The second-order valence-electron chi connectivity index (χ2n) is 7.49.